The lowest BCUT2D eigenvalue weighted by Crippen LogP contribution is -2.29. The molecule has 2 fully saturated rings. The smallest absolute Gasteiger partial charge is 0.317 e. The second-order valence-electron chi connectivity index (χ2n) is 2.83. The fourth-order valence-corrected chi connectivity index (χ4v) is 1.61. The molecule has 56 valence electrons. The van der Waals surface area contributed by atoms with Crippen LogP contribution in [0.1, 0.15) is 6.42 Å². The van der Waals surface area contributed by atoms with Crippen LogP contribution in [0.5, 0.6) is 0 Å². The molecule has 0 aromatic rings. The standard InChI is InChI=1S/C6H9FN2O/c7-4-1-5-2-8-6(10)9(5)3-4/h4-5H,1-3H2,(H,8,10)/t4-,5-/m0/s1. The van der Waals surface area contributed by atoms with Crippen LogP contribution in [0.15, 0.2) is 0 Å². The van der Waals surface area contributed by atoms with Gasteiger partial charge in [-0.15, -0.1) is 0 Å². The van der Waals surface area contributed by atoms with E-state index in [4.69, 9.17) is 0 Å². The number of urea groups is 1. The first-order chi connectivity index (χ1) is 4.77. The SMILES string of the molecule is O=C1NC[C@@H]2C[C@H](F)CN12. The quantitative estimate of drug-likeness (QED) is 0.514. The molecule has 4 heteroatoms. The lowest BCUT2D eigenvalue weighted by atomic mass is 10.2. The minimum atomic E-state index is -0.795. The number of alkyl halides is 1. The fourth-order valence-electron chi connectivity index (χ4n) is 1.61. The summed E-state index contributed by atoms with van der Waals surface area (Å²) in [4.78, 5) is 12.4. The van der Waals surface area contributed by atoms with Crippen LogP contribution in [0.4, 0.5) is 9.18 Å². The summed E-state index contributed by atoms with van der Waals surface area (Å²) in [5.41, 5.74) is 0. The lowest BCUT2D eigenvalue weighted by molar-refractivity contribution is 0.212. The van der Waals surface area contributed by atoms with Crippen LogP contribution in [0, 0.1) is 0 Å². The van der Waals surface area contributed by atoms with Crippen molar-refractivity contribution in [1.82, 2.24) is 10.2 Å². The van der Waals surface area contributed by atoms with Gasteiger partial charge in [-0.2, -0.15) is 0 Å². The zero-order valence-corrected chi connectivity index (χ0v) is 5.51. The third-order valence-electron chi connectivity index (χ3n) is 2.11. The van der Waals surface area contributed by atoms with Crippen LogP contribution in [0.2, 0.25) is 0 Å². The van der Waals surface area contributed by atoms with Crippen molar-refractivity contribution in [3.63, 3.8) is 0 Å². The Morgan fingerprint density at radius 1 is 1.70 bits per heavy atom. The zero-order chi connectivity index (χ0) is 7.14. The molecular weight excluding hydrogens is 135 g/mol. The highest BCUT2D eigenvalue weighted by molar-refractivity contribution is 5.77. The van der Waals surface area contributed by atoms with E-state index >= 15 is 0 Å². The summed E-state index contributed by atoms with van der Waals surface area (Å²) in [6.45, 7) is 0.912. The molecule has 0 bridgehead atoms. The lowest BCUT2D eigenvalue weighted by Gasteiger charge is -2.10. The number of fused-ring (bicyclic) bond motifs is 1. The number of amides is 2. The largest absolute Gasteiger partial charge is 0.336 e. The van der Waals surface area contributed by atoms with Crippen LogP contribution in [-0.2, 0) is 0 Å². The summed E-state index contributed by atoms with van der Waals surface area (Å²) in [5, 5.41) is 2.66. The van der Waals surface area contributed by atoms with Crippen molar-refractivity contribution in [2.24, 2.45) is 0 Å². The first kappa shape index (κ1) is 5.95. The summed E-state index contributed by atoms with van der Waals surface area (Å²) in [5.74, 6) is 0. The molecule has 1 N–H and O–H groups in total. The number of nitrogens with zero attached hydrogens (tertiary/aromatic N) is 1. The molecular formula is C6H9FN2O. The van der Waals surface area contributed by atoms with Crippen LogP contribution in [-0.4, -0.2) is 36.2 Å². The van der Waals surface area contributed by atoms with Gasteiger partial charge in [-0.1, -0.05) is 0 Å². The molecule has 0 aromatic heterocycles. The number of halogens is 1. The van der Waals surface area contributed by atoms with Crippen molar-refractivity contribution in [3.8, 4) is 0 Å². The van der Waals surface area contributed by atoms with E-state index in [2.05, 4.69) is 5.32 Å². The van der Waals surface area contributed by atoms with Gasteiger partial charge in [0.05, 0.1) is 12.6 Å². The van der Waals surface area contributed by atoms with Gasteiger partial charge in [0.2, 0.25) is 0 Å². The molecule has 2 saturated heterocycles. The third-order valence-corrected chi connectivity index (χ3v) is 2.11. The highest BCUT2D eigenvalue weighted by Crippen LogP contribution is 2.22. The first-order valence-corrected chi connectivity index (χ1v) is 3.46. The molecule has 0 unspecified atom stereocenters. The molecule has 2 rings (SSSR count). The molecule has 2 aliphatic rings. The van der Waals surface area contributed by atoms with Crippen LogP contribution in [0.3, 0.4) is 0 Å². The summed E-state index contributed by atoms with van der Waals surface area (Å²) >= 11 is 0. The van der Waals surface area contributed by atoms with Gasteiger partial charge in [0.25, 0.3) is 0 Å². The molecule has 2 amide bonds. The highest BCUT2D eigenvalue weighted by atomic mass is 19.1. The van der Waals surface area contributed by atoms with E-state index in [-0.39, 0.29) is 18.6 Å². The van der Waals surface area contributed by atoms with Gasteiger partial charge in [0.15, 0.2) is 0 Å². The second kappa shape index (κ2) is 1.84. The number of hydrogen-bond donors (Lipinski definition) is 1. The molecule has 10 heavy (non-hydrogen) atoms. The van der Waals surface area contributed by atoms with E-state index in [1.807, 2.05) is 0 Å². The molecule has 2 atom stereocenters. The van der Waals surface area contributed by atoms with E-state index in [9.17, 15) is 9.18 Å². The van der Waals surface area contributed by atoms with Gasteiger partial charge in [0.1, 0.15) is 6.17 Å². The van der Waals surface area contributed by atoms with E-state index in [0.717, 1.165) is 0 Å². The average molecular weight is 144 g/mol. The number of carbonyl (C=O) groups is 1. The van der Waals surface area contributed by atoms with Gasteiger partial charge in [-0.3, -0.25) is 0 Å². The maximum atomic E-state index is 12.6. The van der Waals surface area contributed by atoms with E-state index < -0.39 is 6.17 Å². The number of rotatable bonds is 0. The minimum absolute atomic E-state index is 0.106. The average Bonchev–Trinajstić information content (AvgIpc) is 2.35. The van der Waals surface area contributed by atoms with Crippen molar-refractivity contribution in [1.29, 1.82) is 0 Å². The third kappa shape index (κ3) is 0.678. The molecule has 0 aromatic carbocycles. The maximum absolute atomic E-state index is 12.6. The molecule has 2 aliphatic heterocycles. The van der Waals surface area contributed by atoms with E-state index in [1.165, 1.54) is 0 Å². The first-order valence-electron chi connectivity index (χ1n) is 3.46. The molecule has 3 nitrogen and oxygen atoms in total. The Morgan fingerprint density at radius 2 is 2.50 bits per heavy atom. The van der Waals surface area contributed by atoms with Gasteiger partial charge in [-0.25, -0.2) is 9.18 Å². The van der Waals surface area contributed by atoms with Crippen molar-refractivity contribution in [2.75, 3.05) is 13.1 Å². The fraction of sp³-hybridized carbons (Fsp3) is 0.833. The summed E-state index contributed by atoms with van der Waals surface area (Å²) < 4.78 is 12.6. The molecule has 2 heterocycles. The summed E-state index contributed by atoms with van der Waals surface area (Å²) in [6.07, 6.45) is -0.283. The summed E-state index contributed by atoms with van der Waals surface area (Å²) in [7, 11) is 0. The molecule has 0 saturated carbocycles. The number of nitrogens with one attached hydrogen (secondary N) is 1. The topological polar surface area (TPSA) is 32.3 Å². The molecule has 0 spiro atoms. The van der Waals surface area contributed by atoms with E-state index in [1.54, 1.807) is 4.90 Å². The zero-order valence-electron chi connectivity index (χ0n) is 5.51. The minimum Gasteiger partial charge on any atom is -0.336 e. The second-order valence-corrected chi connectivity index (χ2v) is 2.83. The van der Waals surface area contributed by atoms with E-state index in [0.29, 0.717) is 13.0 Å². The Kier molecular flexibility index (Phi) is 1.09. The summed E-state index contributed by atoms with van der Waals surface area (Å²) in [6, 6.07) is 0.0210. The number of hydrogen-bond acceptors (Lipinski definition) is 1. The molecule has 0 aliphatic carbocycles. The predicted octanol–water partition coefficient (Wildman–Crippen LogP) is 0.122. The maximum Gasteiger partial charge on any atom is 0.317 e. The van der Waals surface area contributed by atoms with Crippen molar-refractivity contribution in [3.05, 3.63) is 0 Å². The molecule has 0 radical (unpaired) electrons. The van der Waals surface area contributed by atoms with Crippen LogP contribution < -0.4 is 5.32 Å². The normalized spacial score (nSPS) is 38.1. The van der Waals surface area contributed by atoms with Crippen LogP contribution >= 0.6 is 0 Å². The van der Waals surface area contributed by atoms with Crippen molar-refractivity contribution >= 4 is 6.03 Å². The van der Waals surface area contributed by atoms with Gasteiger partial charge in [-0.05, 0) is 0 Å². The van der Waals surface area contributed by atoms with Crippen molar-refractivity contribution < 1.29 is 9.18 Å². The number of carbonyl (C=O) groups excluding carboxylic acids is 1. The van der Waals surface area contributed by atoms with Crippen molar-refractivity contribution in [2.45, 2.75) is 18.6 Å². The van der Waals surface area contributed by atoms with Gasteiger partial charge in [0, 0.05) is 13.0 Å². The van der Waals surface area contributed by atoms with Gasteiger partial charge < -0.3 is 10.2 Å². The highest BCUT2D eigenvalue weighted by Gasteiger charge is 2.39. The predicted molar refractivity (Wildman–Crippen MR) is 33.4 cm³/mol. The Hall–Kier alpha value is -0.800. The van der Waals surface area contributed by atoms with Crippen LogP contribution in [0.25, 0.3) is 0 Å². The monoisotopic (exact) mass is 144 g/mol. The Morgan fingerprint density at radius 3 is 3.20 bits per heavy atom. The Bertz CT molecular complexity index is 173. The Balaban J connectivity index is 2.12. The van der Waals surface area contributed by atoms with Gasteiger partial charge >= 0.3 is 6.03 Å². The Labute approximate surface area is 58.2 Å².